The van der Waals surface area contributed by atoms with E-state index in [1.165, 1.54) is 0 Å². The first-order valence-corrected chi connectivity index (χ1v) is 7.13. The van der Waals surface area contributed by atoms with E-state index < -0.39 is 0 Å². The third-order valence-corrected chi connectivity index (χ3v) is 3.42. The molecule has 6 heteroatoms. The van der Waals surface area contributed by atoms with Crippen LogP contribution < -0.4 is 5.32 Å². The highest BCUT2D eigenvalue weighted by molar-refractivity contribution is 9.10. The summed E-state index contributed by atoms with van der Waals surface area (Å²) in [5.74, 6) is -0.0750. The van der Waals surface area contributed by atoms with Crippen LogP contribution in [0, 0.1) is 0 Å². The first kappa shape index (κ1) is 14.7. The number of carbonyl (C=O) groups is 1. The van der Waals surface area contributed by atoms with Gasteiger partial charge in [-0.1, -0.05) is 22.0 Å². The number of nitrogens with one attached hydrogen (secondary N) is 1. The predicted octanol–water partition coefficient (Wildman–Crippen LogP) is 1.93. The van der Waals surface area contributed by atoms with Crippen LogP contribution in [-0.4, -0.2) is 47.8 Å². The van der Waals surface area contributed by atoms with Crippen molar-refractivity contribution < 1.29 is 4.79 Å². The van der Waals surface area contributed by atoms with Crippen LogP contribution in [0.3, 0.4) is 0 Å². The molecule has 0 radical (unpaired) electrons. The number of halogens is 1. The van der Waals surface area contributed by atoms with Crippen molar-refractivity contribution in [3.8, 4) is 5.69 Å². The van der Waals surface area contributed by atoms with Crippen LogP contribution >= 0.6 is 15.9 Å². The number of carbonyl (C=O) groups excluding carboxylic acids is 1. The number of amides is 1. The summed E-state index contributed by atoms with van der Waals surface area (Å²) in [6.07, 6.45) is 1.79. The second-order valence-corrected chi connectivity index (χ2v) is 5.37. The van der Waals surface area contributed by atoms with Gasteiger partial charge >= 0.3 is 0 Å². The Morgan fingerprint density at radius 2 is 2.25 bits per heavy atom. The van der Waals surface area contributed by atoms with E-state index in [9.17, 15) is 4.79 Å². The Bertz CT molecular complexity index is 596. The monoisotopic (exact) mass is 336 g/mol. The quantitative estimate of drug-likeness (QED) is 0.907. The molecule has 106 valence electrons. The molecule has 0 aliphatic heterocycles. The average molecular weight is 337 g/mol. The Labute approximate surface area is 126 Å². The molecular weight excluding hydrogens is 320 g/mol. The van der Waals surface area contributed by atoms with Gasteiger partial charge in [0.25, 0.3) is 5.91 Å². The summed E-state index contributed by atoms with van der Waals surface area (Å²) in [6, 6.07) is 9.51. The fourth-order valence-electron chi connectivity index (χ4n) is 1.78. The van der Waals surface area contributed by atoms with Gasteiger partial charge in [-0.3, -0.25) is 4.79 Å². The highest BCUT2D eigenvalue weighted by Gasteiger charge is 2.14. The molecule has 2 aromatic rings. The van der Waals surface area contributed by atoms with E-state index >= 15 is 0 Å². The van der Waals surface area contributed by atoms with Gasteiger partial charge in [0.1, 0.15) is 0 Å². The molecule has 20 heavy (non-hydrogen) atoms. The van der Waals surface area contributed by atoms with Crippen LogP contribution in [0.4, 0.5) is 0 Å². The zero-order chi connectivity index (χ0) is 14.5. The standard InChI is InChI=1S/C14H17BrN4O/c1-16-7-9-18(2)14(20)13-6-8-19(17-13)12-5-3-4-11(15)10-12/h3-6,8,10,16H,7,9H2,1-2H3. The molecule has 0 saturated heterocycles. The van der Waals surface area contributed by atoms with Crippen molar-refractivity contribution in [2.45, 2.75) is 0 Å². The summed E-state index contributed by atoms with van der Waals surface area (Å²) >= 11 is 3.42. The molecule has 0 saturated carbocycles. The number of rotatable bonds is 5. The molecule has 5 nitrogen and oxygen atoms in total. The van der Waals surface area contributed by atoms with Crippen LogP contribution in [0.25, 0.3) is 5.69 Å². The Morgan fingerprint density at radius 1 is 1.45 bits per heavy atom. The number of hydrogen-bond donors (Lipinski definition) is 1. The van der Waals surface area contributed by atoms with Crippen LogP contribution in [0.15, 0.2) is 41.0 Å². The number of benzene rings is 1. The summed E-state index contributed by atoms with van der Waals surface area (Å²) in [5, 5.41) is 7.35. The van der Waals surface area contributed by atoms with Gasteiger partial charge in [0.2, 0.25) is 0 Å². The zero-order valence-corrected chi connectivity index (χ0v) is 13.1. The van der Waals surface area contributed by atoms with Gasteiger partial charge in [0.15, 0.2) is 5.69 Å². The molecule has 1 N–H and O–H groups in total. The van der Waals surface area contributed by atoms with Gasteiger partial charge in [-0.25, -0.2) is 4.68 Å². The van der Waals surface area contributed by atoms with E-state index in [1.54, 1.807) is 28.9 Å². The van der Waals surface area contributed by atoms with Crippen LogP contribution in [-0.2, 0) is 0 Å². The average Bonchev–Trinajstić information content (AvgIpc) is 2.93. The van der Waals surface area contributed by atoms with Crippen molar-refractivity contribution in [3.05, 3.63) is 46.7 Å². The van der Waals surface area contributed by atoms with Gasteiger partial charge in [-0.2, -0.15) is 5.10 Å². The maximum Gasteiger partial charge on any atom is 0.274 e. The molecule has 0 aliphatic rings. The van der Waals surface area contributed by atoms with Crippen molar-refractivity contribution in [3.63, 3.8) is 0 Å². The van der Waals surface area contributed by atoms with E-state index in [1.807, 2.05) is 31.3 Å². The van der Waals surface area contributed by atoms with E-state index in [0.29, 0.717) is 12.2 Å². The molecule has 0 fully saturated rings. The topological polar surface area (TPSA) is 50.2 Å². The number of likely N-dealkylation sites (N-methyl/N-ethyl adjacent to an activating group) is 2. The number of nitrogens with zero attached hydrogens (tertiary/aromatic N) is 3. The highest BCUT2D eigenvalue weighted by atomic mass is 79.9. The predicted molar refractivity (Wildman–Crippen MR) is 82.2 cm³/mol. The van der Waals surface area contributed by atoms with E-state index in [-0.39, 0.29) is 5.91 Å². The highest BCUT2D eigenvalue weighted by Crippen LogP contribution is 2.15. The molecule has 1 heterocycles. The molecule has 2 rings (SSSR count). The normalized spacial score (nSPS) is 10.6. The number of hydrogen-bond acceptors (Lipinski definition) is 3. The van der Waals surface area contributed by atoms with Gasteiger partial charge in [0.05, 0.1) is 5.69 Å². The minimum atomic E-state index is -0.0750. The lowest BCUT2D eigenvalue weighted by molar-refractivity contribution is 0.0790. The van der Waals surface area contributed by atoms with Gasteiger partial charge in [0, 0.05) is 30.8 Å². The third-order valence-electron chi connectivity index (χ3n) is 2.92. The molecule has 0 atom stereocenters. The fraction of sp³-hybridized carbons (Fsp3) is 0.286. The first-order valence-electron chi connectivity index (χ1n) is 6.33. The van der Waals surface area contributed by atoms with Crippen molar-refractivity contribution >= 4 is 21.8 Å². The molecule has 0 aliphatic carbocycles. The van der Waals surface area contributed by atoms with Crippen molar-refractivity contribution in [1.82, 2.24) is 20.0 Å². The maximum absolute atomic E-state index is 12.2. The molecule has 1 aromatic heterocycles. The lowest BCUT2D eigenvalue weighted by atomic mass is 10.3. The molecule has 0 bridgehead atoms. The van der Waals surface area contributed by atoms with Crippen molar-refractivity contribution in [1.29, 1.82) is 0 Å². The SMILES string of the molecule is CNCCN(C)C(=O)c1ccn(-c2cccc(Br)c2)n1. The largest absolute Gasteiger partial charge is 0.339 e. The molecule has 0 unspecified atom stereocenters. The van der Waals surface area contributed by atoms with E-state index in [2.05, 4.69) is 26.3 Å². The lowest BCUT2D eigenvalue weighted by Crippen LogP contribution is -2.33. The zero-order valence-electron chi connectivity index (χ0n) is 11.5. The number of aromatic nitrogens is 2. The minimum Gasteiger partial charge on any atom is -0.339 e. The minimum absolute atomic E-state index is 0.0750. The Kier molecular flexibility index (Phi) is 4.92. The lowest BCUT2D eigenvalue weighted by Gasteiger charge is -2.15. The smallest absolute Gasteiger partial charge is 0.274 e. The second-order valence-electron chi connectivity index (χ2n) is 4.46. The molecular formula is C14H17BrN4O. The Balaban J connectivity index is 2.14. The Hall–Kier alpha value is -1.66. The summed E-state index contributed by atoms with van der Waals surface area (Å²) in [6.45, 7) is 1.41. The summed E-state index contributed by atoms with van der Waals surface area (Å²) in [7, 11) is 3.64. The Morgan fingerprint density at radius 3 is 2.95 bits per heavy atom. The molecule has 0 spiro atoms. The van der Waals surface area contributed by atoms with Crippen molar-refractivity contribution in [2.75, 3.05) is 27.2 Å². The summed E-state index contributed by atoms with van der Waals surface area (Å²) in [4.78, 5) is 13.8. The van der Waals surface area contributed by atoms with Gasteiger partial charge in [-0.15, -0.1) is 0 Å². The summed E-state index contributed by atoms with van der Waals surface area (Å²) < 4.78 is 2.67. The van der Waals surface area contributed by atoms with Crippen LogP contribution in [0.2, 0.25) is 0 Å². The third kappa shape index (κ3) is 3.46. The van der Waals surface area contributed by atoms with E-state index in [0.717, 1.165) is 16.7 Å². The van der Waals surface area contributed by atoms with Crippen LogP contribution in [0.5, 0.6) is 0 Å². The van der Waals surface area contributed by atoms with Crippen LogP contribution in [0.1, 0.15) is 10.5 Å². The fourth-order valence-corrected chi connectivity index (χ4v) is 2.16. The van der Waals surface area contributed by atoms with Crippen molar-refractivity contribution in [2.24, 2.45) is 0 Å². The second kappa shape index (κ2) is 6.67. The molecule has 1 amide bonds. The van der Waals surface area contributed by atoms with Gasteiger partial charge < -0.3 is 10.2 Å². The molecule has 1 aromatic carbocycles. The van der Waals surface area contributed by atoms with Gasteiger partial charge in [-0.05, 0) is 31.3 Å². The van der Waals surface area contributed by atoms with E-state index in [4.69, 9.17) is 0 Å². The first-order chi connectivity index (χ1) is 9.61. The maximum atomic E-state index is 12.2. The summed E-state index contributed by atoms with van der Waals surface area (Å²) in [5.41, 5.74) is 1.36.